The first kappa shape index (κ1) is 26.1. The van der Waals surface area contributed by atoms with Gasteiger partial charge in [0.15, 0.2) is 5.69 Å². The molecule has 1 aromatic heterocycles. The van der Waals surface area contributed by atoms with E-state index in [2.05, 4.69) is 10.6 Å². The van der Waals surface area contributed by atoms with Gasteiger partial charge in [-0.05, 0) is 49.2 Å². The van der Waals surface area contributed by atoms with E-state index >= 15 is 0 Å². The van der Waals surface area contributed by atoms with Crippen molar-refractivity contribution in [2.45, 2.75) is 26.3 Å². The number of hydrogen-bond acceptors (Lipinski definition) is 5. The van der Waals surface area contributed by atoms with E-state index in [9.17, 15) is 19.5 Å². The third-order valence-corrected chi connectivity index (χ3v) is 5.84. The van der Waals surface area contributed by atoms with Crippen molar-refractivity contribution < 1.29 is 19.4 Å². The van der Waals surface area contributed by atoms with E-state index in [-0.39, 0.29) is 24.5 Å². The zero-order valence-corrected chi connectivity index (χ0v) is 20.9. The minimum atomic E-state index is -0.803. The van der Waals surface area contributed by atoms with Crippen LogP contribution >= 0.6 is 23.2 Å². The number of nitrogens with zero attached hydrogens (tertiary/aromatic N) is 1. The molecule has 0 aliphatic heterocycles. The molecule has 2 aromatic carbocycles. The number of pyridine rings is 1. The lowest BCUT2D eigenvalue weighted by Crippen LogP contribution is -2.36. The molecule has 0 aliphatic carbocycles. The number of aryl methyl sites for hydroxylation is 2. The van der Waals surface area contributed by atoms with Gasteiger partial charge in [0.1, 0.15) is 5.75 Å². The number of carbonyl (C=O) groups excluding carboxylic acids is 2. The molecule has 0 saturated heterocycles. The van der Waals surface area contributed by atoms with E-state index in [1.165, 1.54) is 17.8 Å². The van der Waals surface area contributed by atoms with Crippen LogP contribution in [0.4, 0.5) is 10.5 Å². The van der Waals surface area contributed by atoms with Gasteiger partial charge in [-0.1, -0.05) is 41.4 Å². The summed E-state index contributed by atoms with van der Waals surface area (Å²) >= 11 is 12.5. The fraction of sp³-hybridized carbons (Fsp3) is 0.240. The first-order valence-corrected chi connectivity index (χ1v) is 11.5. The number of carbonyl (C=O) groups is 2. The van der Waals surface area contributed by atoms with Crippen molar-refractivity contribution in [1.82, 2.24) is 9.88 Å². The minimum absolute atomic E-state index is 0.161. The number of ether oxygens (including phenoxy) is 1. The molecular weight excluding hydrogens is 493 g/mol. The van der Waals surface area contributed by atoms with E-state index in [0.717, 1.165) is 5.56 Å². The van der Waals surface area contributed by atoms with Crippen LogP contribution in [0.1, 0.15) is 30.5 Å². The third kappa shape index (κ3) is 6.35. The molecule has 0 bridgehead atoms. The predicted molar refractivity (Wildman–Crippen MR) is 136 cm³/mol. The number of esters is 1. The molecule has 35 heavy (non-hydrogen) atoms. The lowest BCUT2D eigenvalue weighted by atomic mass is 9.98. The number of urea groups is 1. The van der Waals surface area contributed by atoms with Crippen molar-refractivity contribution in [2.75, 3.05) is 11.9 Å². The Kier molecular flexibility index (Phi) is 8.43. The summed E-state index contributed by atoms with van der Waals surface area (Å²) in [5, 5.41) is 16.4. The van der Waals surface area contributed by atoms with Crippen LogP contribution in [0.25, 0.3) is 11.1 Å². The average Bonchev–Trinajstić information content (AvgIpc) is 2.82. The first-order chi connectivity index (χ1) is 16.6. The van der Waals surface area contributed by atoms with E-state index < -0.39 is 23.6 Å². The summed E-state index contributed by atoms with van der Waals surface area (Å²) in [7, 11) is 1.51. The molecule has 0 radical (unpaired) electrons. The predicted octanol–water partition coefficient (Wildman–Crippen LogP) is 5.19. The second kappa shape index (κ2) is 11.3. The van der Waals surface area contributed by atoms with Gasteiger partial charge in [-0.25, -0.2) is 4.79 Å². The summed E-state index contributed by atoms with van der Waals surface area (Å²) < 4.78 is 6.32. The van der Waals surface area contributed by atoms with Gasteiger partial charge in [-0.15, -0.1) is 0 Å². The van der Waals surface area contributed by atoms with Crippen molar-refractivity contribution in [2.24, 2.45) is 7.05 Å². The molecule has 0 fully saturated rings. The molecule has 10 heteroatoms. The van der Waals surface area contributed by atoms with Crippen LogP contribution in [0, 0.1) is 6.92 Å². The highest BCUT2D eigenvalue weighted by Crippen LogP contribution is 2.32. The Balaban J connectivity index is 1.93. The molecule has 0 saturated carbocycles. The number of amides is 2. The maximum absolute atomic E-state index is 12.8. The van der Waals surface area contributed by atoms with E-state index in [4.69, 9.17) is 27.9 Å². The molecule has 1 unspecified atom stereocenters. The zero-order valence-electron chi connectivity index (χ0n) is 19.4. The van der Waals surface area contributed by atoms with Gasteiger partial charge < -0.3 is 25.0 Å². The van der Waals surface area contributed by atoms with Crippen molar-refractivity contribution in [3.63, 3.8) is 0 Å². The molecular formula is C25H25Cl2N3O5. The lowest BCUT2D eigenvalue weighted by Gasteiger charge is -2.20. The molecule has 8 nitrogen and oxygen atoms in total. The largest absolute Gasteiger partial charge is 0.505 e. The average molecular weight is 518 g/mol. The number of hydrogen-bond donors (Lipinski definition) is 3. The standard InChI is InChI=1S/C25H25Cl2N3O5/c1-4-35-21(31)12-20(28-25(34)29-22-23(32)14(2)13-30(3)24(22)33)16-7-5-6-15(10-16)18-11-17(26)8-9-19(18)27/h5-11,13,20,32H,4,12H2,1-3H3,(H2,28,29,34). The molecule has 1 heterocycles. The Labute approximate surface area is 212 Å². The fourth-order valence-corrected chi connectivity index (χ4v) is 3.98. The molecule has 3 N–H and O–H groups in total. The number of rotatable bonds is 7. The number of aromatic hydroxyl groups is 1. The Morgan fingerprint density at radius 2 is 1.91 bits per heavy atom. The Morgan fingerprint density at radius 1 is 1.17 bits per heavy atom. The van der Waals surface area contributed by atoms with Crippen molar-refractivity contribution in [3.8, 4) is 16.9 Å². The maximum Gasteiger partial charge on any atom is 0.319 e. The van der Waals surface area contributed by atoms with Crippen molar-refractivity contribution in [3.05, 3.63) is 80.2 Å². The van der Waals surface area contributed by atoms with E-state index in [1.54, 1.807) is 50.2 Å². The highest BCUT2D eigenvalue weighted by molar-refractivity contribution is 6.35. The highest BCUT2D eigenvalue weighted by Gasteiger charge is 2.22. The molecule has 184 valence electrons. The van der Waals surface area contributed by atoms with E-state index in [0.29, 0.717) is 26.7 Å². The summed E-state index contributed by atoms with van der Waals surface area (Å²) in [5.74, 6) is -0.846. The van der Waals surface area contributed by atoms with Gasteiger partial charge in [0.05, 0.1) is 19.1 Å². The number of nitrogens with one attached hydrogen (secondary N) is 2. The molecule has 2 amide bonds. The van der Waals surface area contributed by atoms with Crippen LogP contribution in [0.2, 0.25) is 10.0 Å². The van der Waals surface area contributed by atoms with Crippen LogP contribution in [-0.2, 0) is 16.6 Å². The number of halogens is 2. The Morgan fingerprint density at radius 3 is 2.63 bits per heavy atom. The Hall–Kier alpha value is -3.49. The molecule has 0 spiro atoms. The van der Waals surface area contributed by atoms with Crippen LogP contribution in [0.3, 0.4) is 0 Å². The quantitative estimate of drug-likeness (QED) is 0.373. The lowest BCUT2D eigenvalue weighted by molar-refractivity contribution is -0.143. The number of benzene rings is 2. The number of aromatic nitrogens is 1. The normalized spacial score (nSPS) is 11.6. The summed E-state index contributed by atoms with van der Waals surface area (Å²) in [6, 6.07) is 10.6. The molecule has 3 aromatic rings. The Bertz CT molecular complexity index is 1320. The van der Waals surface area contributed by atoms with Gasteiger partial charge in [-0.3, -0.25) is 9.59 Å². The van der Waals surface area contributed by atoms with Gasteiger partial charge >= 0.3 is 12.0 Å². The smallest absolute Gasteiger partial charge is 0.319 e. The molecule has 0 aliphatic rings. The monoisotopic (exact) mass is 517 g/mol. The molecule has 1 atom stereocenters. The van der Waals surface area contributed by atoms with Gasteiger partial charge in [0, 0.05) is 34.4 Å². The summed E-state index contributed by atoms with van der Waals surface area (Å²) in [5.41, 5.74) is 1.59. The minimum Gasteiger partial charge on any atom is -0.505 e. The van der Waals surface area contributed by atoms with Crippen molar-refractivity contribution in [1.29, 1.82) is 0 Å². The van der Waals surface area contributed by atoms with Crippen LogP contribution < -0.4 is 16.2 Å². The summed E-state index contributed by atoms with van der Waals surface area (Å²) in [4.78, 5) is 37.6. The maximum atomic E-state index is 12.8. The highest BCUT2D eigenvalue weighted by atomic mass is 35.5. The van der Waals surface area contributed by atoms with Crippen LogP contribution in [0.5, 0.6) is 5.75 Å². The summed E-state index contributed by atoms with van der Waals surface area (Å²) in [6.45, 7) is 3.47. The van der Waals surface area contributed by atoms with Crippen LogP contribution in [-0.4, -0.2) is 28.3 Å². The fourth-order valence-electron chi connectivity index (χ4n) is 3.59. The van der Waals surface area contributed by atoms with Gasteiger partial charge in [-0.2, -0.15) is 0 Å². The first-order valence-electron chi connectivity index (χ1n) is 10.8. The number of anilines is 1. The van der Waals surface area contributed by atoms with Gasteiger partial charge in [0.2, 0.25) is 0 Å². The topological polar surface area (TPSA) is 110 Å². The molecule has 3 rings (SSSR count). The van der Waals surface area contributed by atoms with Crippen molar-refractivity contribution >= 4 is 40.9 Å². The van der Waals surface area contributed by atoms with E-state index in [1.807, 2.05) is 6.07 Å². The van der Waals surface area contributed by atoms with Gasteiger partial charge in [0.25, 0.3) is 5.56 Å². The second-order valence-corrected chi connectivity index (χ2v) is 8.71. The third-order valence-electron chi connectivity index (χ3n) is 5.28. The summed E-state index contributed by atoms with van der Waals surface area (Å²) in [6.07, 6.45) is 1.29. The zero-order chi connectivity index (χ0) is 25.7. The SMILES string of the molecule is CCOC(=O)CC(NC(=O)Nc1c(O)c(C)cn(C)c1=O)c1cccc(-c2cc(Cl)ccc2Cl)c1. The second-order valence-electron chi connectivity index (χ2n) is 7.86. The van der Waals surface area contributed by atoms with Crippen LogP contribution in [0.15, 0.2) is 53.5 Å².